The van der Waals surface area contributed by atoms with Crippen LogP contribution in [0.5, 0.6) is 0 Å². The Labute approximate surface area is 138 Å². The minimum absolute atomic E-state index is 0.119. The number of carboxylic acid groups (broad SMARTS) is 1. The molecule has 0 radical (unpaired) electrons. The van der Waals surface area contributed by atoms with E-state index in [-0.39, 0.29) is 18.6 Å². The highest BCUT2D eigenvalue weighted by Crippen LogP contribution is 2.00. The summed E-state index contributed by atoms with van der Waals surface area (Å²) in [5.74, 6) is -3.75. The van der Waals surface area contributed by atoms with Gasteiger partial charge in [-0.2, -0.15) is 12.6 Å². The highest BCUT2D eigenvalue weighted by molar-refractivity contribution is 7.80. The molecule has 0 saturated carbocycles. The van der Waals surface area contributed by atoms with Gasteiger partial charge in [-0.3, -0.25) is 14.4 Å². The van der Waals surface area contributed by atoms with E-state index in [0.29, 0.717) is 0 Å². The van der Waals surface area contributed by atoms with Crippen LogP contribution in [-0.4, -0.2) is 63.9 Å². The number of thiol groups is 1. The molecule has 0 fully saturated rings. The number of carboxylic acids is 1. The van der Waals surface area contributed by atoms with Gasteiger partial charge in [0.15, 0.2) is 0 Å². The molecule has 8 N–H and O–H groups in total. The van der Waals surface area contributed by atoms with Gasteiger partial charge >= 0.3 is 5.97 Å². The summed E-state index contributed by atoms with van der Waals surface area (Å²) in [6.45, 7) is 1.31. The van der Waals surface area contributed by atoms with E-state index in [4.69, 9.17) is 16.6 Å². The first-order chi connectivity index (χ1) is 10.6. The number of aliphatic hydroxyl groups is 1. The number of carbonyl (C=O) groups excluding carboxylic acids is 3. The van der Waals surface area contributed by atoms with Crippen LogP contribution in [0.25, 0.3) is 0 Å². The minimum atomic E-state index is -1.34. The quantitative estimate of drug-likeness (QED) is 0.204. The van der Waals surface area contributed by atoms with Gasteiger partial charge in [0.1, 0.15) is 18.1 Å². The highest BCUT2D eigenvalue weighted by atomic mass is 32.1. The molecule has 11 heteroatoms. The second kappa shape index (κ2) is 10.0. The summed E-state index contributed by atoms with van der Waals surface area (Å²) < 4.78 is 0. The second-order valence-corrected chi connectivity index (χ2v) is 5.28. The molecular weight excluding hydrogens is 328 g/mol. The molecule has 132 valence electrons. The summed E-state index contributed by atoms with van der Waals surface area (Å²) in [5, 5.41) is 22.7. The van der Waals surface area contributed by atoms with Gasteiger partial charge in [-0.15, -0.1) is 0 Å². The Hall–Kier alpha value is -1.85. The molecule has 0 aliphatic carbocycles. The lowest BCUT2D eigenvalue weighted by atomic mass is 10.1. The van der Waals surface area contributed by atoms with Crippen molar-refractivity contribution in [3.8, 4) is 0 Å². The van der Waals surface area contributed by atoms with Crippen molar-refractivity contribution >= 4 is 36.3 Å². The van der Waals surface area contributed by atoms with Crippen molar-refractivity contribution in [3.05, 3.63) is 0 Å². The summed E-state index contributed by atoms with van der Waals surface area (Å²) in [5.41, 5.74) is 10.4. The van der Waals surface area contributed by atoms with E-state index < -0.39 is 47.9 Å². The summed E-state index contributed by atoms with van der Waals surface area (Å²) in [6.07, 6.45) is -1.53. The monoisotopic (exact) mass is 350 g/mol. The summed E-state index contributed by atoms with van der Waals surface area (Å²) >= 11 is 3.91. The average Bonchev–Trinajstić information content (AvgIpc) is 2.46. The predicted molar refractivity (Wildman–Crippen MR) is 83.4 cm³/mol. The molecule has 0 aliphatic heterocycles. The molecule has 0 rings (SSSR count). The summed E-state index contributed by atoms with van der Waals surface area (Å²) in [7, 11) is 0. The first-order valence-corrected chi connectivity index (χ1v) is 7.39. The first kappa shape index (κ1) is 21.1. The third-order valence-electron chi connectivity index (χ3n) is 2.93. The number of nitrogens with two attached hydrogens (primary N) is 2. The van der Waals surface area contributed by atoms with Gasteiger partial charge in [-0.05, 0) is 13.3 Å². The van der Waals surface area contributed by atoms with Crippen molar-refractivity contribution < 1.29 is 29.4 Å². The second-order valence-electron chi connectivity index (χ2n) is 4.91. The van der Waals surface area contributed by atoms with Crippen molar-refractivity contribution in [1.29, 1.82) is 0 Å². The Balaban J connectivity index is 4.76. The molecule has 0 aromatic heterocycles. The van der Waals surface area contributed by atoms with Crippen LogP contribution in [-0.2, 0) is 19.2 Å². The molecule has 3 amide bonds. The Kier molecular flexibility index (Phi) is 9.22. The number of carbonyl (C=O) groups is 4. The van der Waals surface area contributed by atoms with E-state index in [0.717, 1.165) is 0 Å². The van der Waals surface area contributed by atoms with Crippen LogP contribution in [0, 0.1) is 0 Å². The van der Waals surface area contributed by atoms with Crippen molar-refractivity contribution in [3.63, 3.8) is 0 Å². The van der Waals surface area contributed by atoms with Crippen LogP contribution in [0.3, 0.4) is 0 Å². The van der Waals surface area contributed by atoms with E-state index >= 15 is 0 Å². The van der Waals surface area contributed by atoms with Gasteiger partial charge in [0, 0.05) is 12.2 Å². The third-order valence-corrected chi connectivity index (χ3v) is 3.30. The number of aliphatic hydroxyl groups excluding tert-OH is 1. The standard InChI is InChI=1S/C12H22N4O6S/c1-5(17)9(14)11(20)16-7(4-23)10(19)15-6(12(21)22)2-3-8(13)18/h5-7,9,17,23H,2-4,14H2,1H3,(H2,13,18)(H,15,19)(H,16,20)(H,21,22)/t5-,6+,7+,9+/m1/s1. The average molecular weight is 350 g/mol. The zero-order chi connectivity index (χ0) is 18.2. The summed E-state index contributed by atoms with van der Waals surface area (Å²) in [6, 6.07) is -3.72. The fourth-order valence-corrected chi connectivity index (χ4v) is 1.75. The van der Waals surface area contributed by atoms with E-state index in [9.17, 15) is 24.3 Å². The Morgan fingerprint density at radius 1 is 1.13 bits per heavy atom. The number of hydrogen-bond acceptors (Lipinski definition) is 7. The molecule has 0 aliphatic rings. The van der Waals surface area contributed by atoms with Gasteiger partial charge < -0.3 is 32.3 Å². The van der Waals surface area contributed by atoms with Crippen molar-refractivity contribution in [2.75, 3.05) is 5.75 Å². The molecule has 0 saturated heterocycles. The molecule has 0 spiro atoms. The minimum Gasteiger partial charge on any atom is -0.480 e. The smallest absolute Gasteiger partial charge is 0.326 e. The largest absolute Gasteiger partial charge is 0.480 e. The van der Waals surface area contributed by atoms with Gasteiger partial charge in [-0.1, -0.05) is 0 Å². The SMILES string of the molecule is C[C@@H](O)[C@H](N)C(=O)N[C@@H](CS)C(=O)N[C@@H](CCC(N)=O)C(=O)O. The van der Waals surface area contributed by atoms with Crippen molar-refractivity contribution in [2.45, 2.75) is 44.0 Å². The van der Waals surface area contributed by atoms with Gasteiger partial charge in [-0.25, -0.2) is 4.79 Å². The Morgan fingerprint density at radius 3 is 2.04 bits per heavy atom. The van der Waals surface area contributed by atoms with Crippen molar-refractivity contribution in [2.24, 2.45) is 11.5 Å². The molecule has 0 unspecified atom stereocenters. The van der Waals surface area contributed by atoms with E-state index in [1.54, 1.807) is 0 Å². The molecule has 0 bridgehead atoms. The van der Waals surface area contributed by atoms with Crippen LogP contribution in [0.15, 0.2) is 0 Å². The summed E-state index contributed by atoms with van der Waals surface area (Å²) in [4.78, 5) is 45.5. The van der Waals surface area contributed by atoms with Gasteiger partial charge in [0.05, 0.1) is 6.10 Å². The number of amides is 3. The van der Waals surface area contributed by atoms with Gasteiger partial charge in [0.25, 0.3) is 0 Å². The topological polar surface area (TPSA) is 185 Å². The van der Waals surface area contributed by atoms with Crippen LogP contribution in [0.1, 0.15) is 19.8 Å². The lowest BCUT2D eigenvalue weighted by molar-refractivity contribution is -0.142. The molecular formula is C12H22N4O6S. The molecule has 0 aromatic rings. The number of nitrogens with one attached hydrogen (secondary N) is 2. The lowest BCUT2D eigenvalue weighted by Gasteiger charge is -2.22. The molecule has 0 aromatic carbocycles. The molecule has 23 heavy (non-hydrogen) atoms. The fourth-order valence-electron chi connectivity index (χ4n) is 1.50. The Morgan fingerprint density at radius 2 is 1.65 bits per heavy atom. The number of rotatable bonds is 10. The fraction of sp³-hybridized carbons (Fsp3) is 0.667. The van der Waals surface area contributed by atoms with E-state index in [2.05, 4.69) is 23.3 Å². The van der Waals surface area contributed by atoms with Crippen LogP contribution < -0.4 is 22.1 Å². The normalized spacial score (nSPS) is 15.8. The lowest BCUT2D eigenvalue weighted by Crippen LogP contribution is -2.57. The predicted octanol–water partition coefficient (Wildman–Crippen LogP) is -3.06. The van der Waals surface area contributed by atoms with Gasteiger partial charge in [0.2, 0.25) is 17.7 Å². The van der Waals surface area contributed by atoms with Crippen LogP contribution in [0.2, 0.25) is 0 Å². The van der Waals surface area contributed by atoms with Crippen molar-refractivity contribution in [1.82, 2.24) is 10.6 Å². The maximum atomic E-state index is 12.0. The molecule has 4 atom stereocenters. The van der Waals surface area contributed by atoms with E-state index in [1.807, 2.05) is 0 Å². The molecule has 0 heterocycles. The Bertz CT molecular complexity index is 459. The molecule has 10 nitrogen and oxygen atoms in total. The highest BCUT2D eigenvalue weighted by Gasteiger charge is 2.28. The maximum absolute atomic E-state index is 12.0. The zero-order valence-electron chi connectivity index (χ0n) is 12.6. The maximum Gasteiger partial charge on any atom is 0.326 e. The zero-order valence-corrected chi connectivity index (χ0v) is 13.5. The first-order valence-electron chi connectivity index (χ1n) is 6.76. The van der Waals surface area contributed by atoms with Crippen LogP contribution >= 0.6 is 12.6 Å². The van der Waals surface area contributed by atoms with E-state index in [1.165, 1.54) is 6.92 Å². The third kappa shape index (κ3) is 7.81. The number of hydrogen-bond donors (Lipinski definition) is 7. The number of primary amides is 1. The number of aliphatic carboxylic acids is 1. The van der Waals surface area contributed by atoms with Crippen LogP contribution in [0.4, 0.5) is 0 Å².